The quantitative estimate of drug-likeness (QED) is 0.630. The highest BCUT2D eigenvalue weighted by molar-refractivity contribution is 5.93. The molecule has 6 nitrogen and oxygen atoms in total. The van der Waals surface area contributed by atoms with Crippen LogP contribution in [0.3, 0.4) is 0 Å². The molecule has 6 heteroatoms. The van der Waals surface area contributed by atoms with Crippen molar-refractivity contribution >= 4 is 11.8 Å². The Bertz CT molecular complexity index is 428. The zero-order chi connectivity index (χ0) is 11.1. The number of carboxylic acid groups (broad SMARTS) is 1. The number of fused-ring (bicyclic) bond motifs is 3. The summed E-state index contributed by atoms with van der Waals surface area (Å²) in [5, 5.41) is 19.7. The van der Waals surface area contributed by atoms with Crippen LogP contribution >= 0.6 is 0 Å². The molecule has 86 valence electrons. The van der Waals surface area contributed by atoms with Crippen LogP contribution in [0.2, 0.25) is 0 Å². The van der Waals surface area contributed by atoms with Crippen molar-refractivity contribution in [3.05, 3.63) is 11.8 Å². The lowest BCUT2D eigenvalue weighted by Crippen LogP contribution is -2.44. The van der Waals surface area contributed by atoms with E-state index in [1.165, 1.54) is 6.20 Å². The van der Waals surface area contributed by atoms with Crippen LogP contribution < -0.4 is 10.6 Å². The Balaban J connectivity index is 2.00. The number of hydrogen-bond donors (Lipinski definition) is 3. The average molecular weight is 222 g/mol. The maximum absolute atomic E-state index is 11.0. The van der Waals surface area contributed by atoms with Crippen LogP contribution in [0.25, 0.3) is 0 Å². The Morgan fingerprint density at radius 2 is 2.44 bits per heavy atom. The molecule has 3 N–H and O–H groups in total. The topological polar surface area (TPSA) is 79.2 Å². The van der Waals surface area contributed by atoms with Gasteiger partial charge in [-0.25, -0.2) is 9.48 Å². The summed E-state index contributed by atoms with van der Waals surface area (Å²) in [6.45, 7) is 2.77. The lowest BCUT2D eigenvalue weighted by Gasteiger charge is -2.37. The largest absolute Gasteiger partial charge is 0.477 e. The summed E-state index contributed by atoms with van der Waals surface area (Å²) in [6.07, 6.45) is 2.45. The fourth-order valence-electron chi connectivity index (χ4n) is 2.61. The molecule has 2 aliphatic rings. The molecule has 1 fully saturated rings. The predicted octanol–water partition coefficient (Wildman–Crippen LogP) is 0.157. The molecule has 0 aliphatic carbocycles. The molecule has 0 aromatic carbocycles. The van der Waals surface area contributed by atoms with Crippen molar-refractivity contribution in [1.82, 2.24) is 15.1 Å². The van der Waals surface area contributed by atoms with Gasteiger partial charge in [0, 0.05) is 19.0 Å². The van der Waals surface area contributed by atoms with Gasteiger partial charge in [0.1, 0.15) is 11.4 Å². The van der Waals surface area contributed by atoms with E-state index in [0.29, 0.717) is 17.8 Å². The van der Waals surface area contributed by atoms with Crippen molar-refractivity contribution in [2.24, 2.45) is 5.92 Å². The maximum atomic E-state index is 11.0. The minimum atomic E-state index is -0.916. The van der Waals surface area contributed by atoms with Gasteiger partial charge in [-0.2, -0.15) is 5.10 Å². The van der Waals surface area contributed by atoms with E-state index in [2.05, 4.69) is 15.7 Å². The van der Waals surface area contributed by atoms with E-state index in [0.717, 1.165) is 26.1 Å². The van der Waals surface area contributed by atoms with E-state index in [1.807, 2.05) is 4.68 Å². The molecular weight excluding hydrogens is 208 g/mol. The molecule has 1 aromatic heterocycles. The zero-order valence-corrected chi connectivity index (χ0v) is 8.81. The van der Waals surface area contributed by atoms with Crippen LogP contribution in [0.15, 0.2) is 6.20 Å². The standard InChI is InChI=1S/C10H14N4O2/c15-10(16)7-5-13-14-8-1-2-11-3-6(8)4-12-9(7)14/h5-6,8,11-12H,1-4H2,(H,15,16). The third-order valence-electron chi connectivity index (χ3n) is 3.44. The second-order valence-corrected chi connectivity index (χ2v) is 4.36. The van der Waals surface area contributed by atoms with Crippen molar-refractivity contribution in [3.63, 3.8) is 0 Å². The first kappa shape index (κ1) is 9.65. The number of carboxylic acids is 1. The normalized spacial score (nSPS) is 27.8. The third-order valence-corrected chi connectivity index (χ3v) is 3.44. The molecule has 0 bridgehead atoms. The zero-order valence-electron chi connectivity index (χ0n) is 8.81. The molecule has 2 atom stereocenters. The van der Waals surface area contributed by atoms with Gasteiger partial charge in [-0.15, -0.1) is 0 Å². The number of carbonyl (C=O) groups is 1. The SMILES string of the molecule is O=C(O)c1cnn2c1NCC1CNCCC12. The Labute approximate surface area is 92.6 Å². The number of hydrogen-bond acceptors (Lipinski definition) is 4. The fourth-order valence-corrected chi connectivity index (χ4v) is 2.61. The number of piperidine rings is 1. The molecule has 3 rings (SSSR count). The molecule has 1 saturated heterocycles. The van der Waals surface area contributed by atoms with Crippen molar-refractivity contribution < 1.29 is 9.90 Å². The molecule has 2 aliphatic heterocycles. The predicted molar refractivity (Wildman–Crippen MR) is 57.7 cm³/mol. The maximum Gasteiger partial charge on any atom is 0.341 e. The summed E-state index contributed by atoms with van der Waals surface area (Å²) >= 11 is 0. The minimum absolute atomic E-state index is 0.275. The lowest BCUT2D eigenvalue weighted by atomic mass is 9.92. The number of nitrogens with zero attached hydrogens (tertiary/aromatic N) is 2. The fraction of sp³-hybridized carbons (Fsp3) is 0.600. The van der Waals surface area contributed by atoms with Crippen LogP contribution in [0, 0.1) is 5.92 Å². The van der Waals surface area contributed by atoms with Gasteiger partial charge >= 0.3 is 5.97 Å². The van der Waals surface area contributed by atoms with Crippen molar-refractivity contribution in [1.29, 1.82) is 0 Å². The lowest BCUT2D eigenvalue weighted by molar-refractivity contribution is 0.0697. The monoisotopic (exact) mass is 222 g/mol. The third kappa shape index (κ3) is 1.30. The van der Waals surface area contributed by atoms with E-state index >= 15 is 0 Å². The van der Waals surface area contributed by atoms with Crippen LogP contribution in [-0.4, -0.2) is 40.5 Å². The summed E-state index contributed by atoms with van der Waals surface area (Å²) in [5.41, 5.74) is 0.275. The molecule has 0 amide bonds. The molecule has 1 aromatic rings. The van der Waals surface area contributed by atoms with Crippen LogP contribution in [0.4, 0.5) is 5.82 Å². The Hall–Kier alpha value is -1.56. The highest BCUT2D eigenvalue weighted by Crippen LogP contribution is 2.33. The van der Waals surface area contributed by atoms with E-state index < -0.39 is 5.97 Å². The van der Waals surface area contributed by atoms with Crippen LogP contribution in [-0.2, 0) is 0 Å². The number of anilines is 1. The summed E-state index contributed by atoms with van der Waals surface area (Å²) < 4.78 is 1.85. The van der Waals surface area contributed by atoms with Gasteiger partial charge in [0.05, 0.1) is 12.2 Å². The highest BCUT2D eigenvalue weighted by Gasteiger charge is 2.34. The molecule has 0 spiro atoms. The van der Waals surface area contributed by atoms with Gasteiger partial charge in [0.25, 0.3) is 0 Å². The van der Waals surface area contributed by atoms with Crippen molar-refractivity contribution in [2.45, 2.75) is 12.5 Å². The molecular formula is C10H14N4O2. The first-order valence-corrected chi connectivity index (χ1v) is 5.53. The van der Waals surface area contributed by atoms with Crippen molar-refractivity contribution in [3.8, 4) is 0 Å². The first-order chi connectivity index (χ1) is 7.77. The summed E-state index contributed by atoms with van der Waals surface area (Å²) in [6, 6.07) is 0.339. The van der Waals surface area contributed by atoms with E-state index in [1.54, 1.807) is 0 Å². The van der Waals surface area contributed by atoms with Gasteiger partial charge in [-0.3, -0.25) is 0 Å². The summed E-state index contributed by atoms with van der Waals surface area (Å²) in [4.78, 5) is 11.0. The molecule has 0 radical (unpaired) electrons. The molecule has 2 unspecified atom stereocenters. The van der Waals surface area contributed by atoms with E-state index in [9.17, 15) is 4.79 Å². The van der Waals surface area contributed by atoms with E-state index in [4.69, 9.17) is 5.11 Å². The smallest absolute Gasteiger partial charge is 0.341 e. The minimum Gasteiger partial charge on any atom is -0.477 e. The first-order valence-electron chi connectivity index (χ1n) is 5.53. The second kappa shape index (κ2) is 3.48. The number of rotatable bonds is 1. The average Bonchev–Trinajstić information content (AvgIpc) is 2.73. The summed E-state index contributed by atoms with van der Waals surface area (Å²) in [5.74, 6) is 0.250. The van der Waals surface area contributed by atoms with Gasteiger partial charge in [0.2, 0.25) is 0 Å². The number of aromatic carboxylic acids is 1. The Kier molecular flexibility index (Phi) is 2.10. The van der Waals surface area contributed by atoms with Crippen LogP contribution in [0.1, 0.15) is 22.8 Å². The van der Waals surface area contributed by atoms with E-state index in [-0.39, 0.29) is 5.56 Å². The number of nitrogens with one attached hydrogen (secondary N) is 2. The Morgan fingerprint density at radius 3 is 3.25 bits per heavy atom. The van der Waals surface area contributed by atoms with Gasteiger partial charge in [0.15, 0.2) is 0 Å². The number of aromatic nitrogens is 2. The van der Waals surface area contributed by atoms with Gasteiger partial charge in [-0.1, -0.05) is 0 Å². The van der Waals surface area contributed by atoms with Crippen molar-refractivity contribution in [2.75, 3.05) is 25.0 Å². The molecule has 3 heterocycles. The van der Waals surface area contributed by atoms with Gasteiger partial charge < -0.3 is 15.7 Å². The van der Waals surface area contributed by atoms with Gasteiger partial charge in [-0.05, 0) is 13.0 Å². The molecule has 0 saturated carbocycles. The highest BCUT2D eigenvalue weighted by atomic mass is 16.4. The molecule has 16 heavy (non-hydrogen) atoms. The second-order valence-electron chi connectivity index (χ2n) is 4.36. The van der Waals surface area contributed by atoms with Crippen LogP contribution in [0.5, 0.6) is 0 Å². The summed E-state index contributed by atoms with van der Waals surface area (Å²) in [7, 11) is 0. The Morgan fingerprint density at radius 1 is 1.56 bits per heavy atom.